The standard InChI is InChI=1S/C18H21NO/c1-14-7-6-10-17(13-14)18(20)19-15(2)11-12-16-8-4-3-5-9-16/h3-10,13,15H,11-12H2,1-2H3,(H,19,20)/t15-/m1/s1. The molecule has 0 saturated heterocycles. The van der Waals surface area contributed by atoms with Crippen molar-refractivity contribution in [3.63, 3.8) is 0 Å². The molecule has 104 valence electrons. The fourth-order valence-electron chi connectivity index (χ4n) is 2.19. The van der Waals surface area contributed by atoms with Crippen LogP contribution in [0.2, 0.25) is 0 Å². The van der Waals surface area contributed by atoms with Crippen LogP contribution in [-0.2, 0) is 6.42 Å². The zero-order valence-electron chi connectivity index (χ0n) is 12.1. The summed E-state index contributed by atoms with van der Waals surface area (Å²) in [4.78, 5) is 12.1. The molecular weight excluding hydrogens is 246 g/mol. The highest BCUT2D eigenvalue weighted by Gasteiger charge is 2.09. The van der Waals surface area contributed by atoms with Crippen molar-refractivity contribution < 1.29 is 4.79 Å². The largest absolute Gasteiger partial charge is 0.350 e. The average molecular weight is 267 g/mol. The molecule has 2 heteroatoms. The van der Waals surface area contributed by atoms with E-state index in [2.05, 4.69) is 24.4 Å². The van der Waals surface area contributed by atoms with E-state index >= 15 is 0 Å². The SMILES string of the molecule is Cc1cccc(C(=O)N[C@H](C)CCc2ccccc2)c1. The molecule has 0 heterocycles. The maximum absolute atomic E-state index is 12.1. The molecule has 0 spiro atoms. The van der Waals surface area contributed by atoms with Gasteiger partial charge in [0.25, 0.3) is 5.91 Å². The van der Waals surface area contributed by atoms with E-state index in [4.69, 9.17) is 0 Å². The first-order chi connectivity index (χ1) is 9.65. The van der Waals surface area contributed by atoms with Crippen molar-refractivity contribution in [1.82, 2.24) is 5.32 Å². The molecule has 0 aliphatic heterocycles. The number of nitrogens with one attached hydrogen (secondary N) is 1. The zero-order chi connectivity index (χ0) is 14.4. The molecule has 1 N–H and O–H groups in total. The van der Waals surface area contributed by atoms with Crippen LogP contribution in [-0.4, -0.2) is 11.9 Å². The van der Waals surface area contributed by atoms with E-state index in [1.807, 2.05) is 49.4 Å². The van der Waals surface area contributed by atoms with E-state index < -0.39 is 0 Å². The van der Waals surface area contributed by atoms with E-state index in [1.165, 1.54) is 5.56 Å². The Morgan fingerprint density at radius 1 is 1.10 bits per heavy atom. The molecule has 2 rings (SSSR count). The number of carbonyl (C=O) groups is 1. The Kier molecular flexibility index (Phi) is 4.94. The zero-order valence-corrected chi connectivity index (χ0v) is 12.1. The lowest BCUT2D eigenvalue weighted by Crippen LogP contribution is -2.32. The van der Waals surface area contributed by atoms with E-state index in [0.717, 1.165) is 24.0 Å². The average Bonchev–Trinajstić information content (AvgIpc) is 2.46. The van der Waals surface area contributed by atoms with Gasteiger partial charge in [-0.3, -0.25) is 4.79 Å². The molecule has 0 aliphatic rings. The second kappa shape index (κ2) is 6.90. The predicted molar refractivity (Wildman–Crippen MR) is 82.9 cm³/mol. The number of amides is 1. The third-order valence-corrected chi connectivity index (χ3v) is 3.37. The van der Waals surface area contributed by atoms with Gasteiger partial charge < -0.3 is 5.32 Å². The topological polar surface area (TPSA) is 29.1 Å². The second-order valence-electron chi connectivity index (χ2n) is 5.27. The summed E-state index contributed by atoms with van der Waals surface area (Å²) in [7, 11) is 0. The molecule has 0 bridgehead atoms. The Balaban J connectivity index is 1.85. The van der Waals surface area contributed by atoms with Gasteiger partial charge in [-0.25, -0.2) is 0 Å². The van der Waals surface area contributed by atoms with Gasteiger partial charge in [-0.2, -0.15) is 0 Å². The van der Waals surface area contributed by atoms with Crippen LogP contribution >= 0.6 is 0 Å². The maximum atomic E-state index is 12.1. The molecule has 2 aromatic rings. The summed E-state index contributed by atoms with van der Waals surface area (Å²) >= 11 is 0. The maximum Gasteiger partial charge on any atom is 0.251 e. The van der Waals surface area contributed by atoms with E-state index in [0.29, 0.717) is 0 Å². The molecule has 0 unspecified atom stereocenters. The first-order valence-electron chi connectivity index (χ1n) is 7.06. The summed E-state index contributed by atoms with van der Waals surface area (Å²) in [6.45, 7) is 4.05. The Hall–Kier alpha value is -2.09. The van der Waals surface area contributed by atoms with Gasteiger partial charge in [0.15, 0.2) is 0 Å². The molecule has 1 amide bonds. The molecule has 2 nitrogen and oxygen atoms in total. The summed E-state index contributed by atoms with van der Waals surface area (Å²) in [6.07, 6.45) is 1.93. The Bertz CT molecular complexity index is 563. The highest BCUT2D eigenvalue weighted by Crippen LogP contribution is 2.07. The van der Waals surface area contributed by atoms with Crippen molar-refractivity contribution in [2.45, 2.75) is 32.7 Å². The normalized spacial score (nSPS) is 11.9. The van der Waals surface area contributed by atoms with Crippen molar-refractivity contribution in [3.8, 4) is 0 Å². The number of carbonyl (C=O) groups excluding carboxylic acids is 1. The molecule has 20 heavy (non-hydrogen) atoms. The van der Waals surface area contributed by atoms with Crippen LogP contribution in [0.15, 0.2) is 54.6 Å². The molecule has 0 saturated carbocycles. The minimum atomic E-state index is 0.00858. The molecule has 1 atom stereocenters. The summed E-state index contributed by atoms with van der Waals surface area (Å²) < 4.78 is 0. The quantitative estimate of drug-likeness (QED) is 0.878. The minimum absolute atomic E-state index is 0.00858. The number of aryl methyl sites for hydroxylation is 2. The minimum Gasteiger partial charge on any atom is -0.350 e. The monoisotopic (exact) mass is 267 g/mol. The third kappa shape index (κ3) is 4.23. The van der Waals surface area contributed by atoms with Gasteiger partial charge in [-0.15, -0.1) is 0 Å². The number of hydrogen-bond donors (Lipinski definition) is 1. The Morgan fingerprint density at radius 2 is 1.85 bits per heavy atom. The fraction of sp³-hybridized carbons (Fsp3) is 0.278. The summed E-state index contributed by atoms with van der Waals surface area (Å²) in [5, 5.41) is 3.05. The second-order valence-corrected chi connectivity index (χ2v) is 5.27. The summed E-state index contributed by atoms with van der Waals surface area (Å²) in [6, 6.07) is 18.2. The van der Waals surface area contributed by atoms with Crippen molar-refractivity contribution in [2.75, 3.05) is 0 Å². The van der Waals surface area contributed by atoms with Gasteiger partial charge in [0.1, 0.15) is 0 Å². The molecule has 0 fully saturated rings. The first-order valence-corrected chi connectivity index (χ1v) is 7.06. The molecule has 0 aromatic heterocycles. The van der Waals surface area contributed by atoms with Gasteiger partial charge >= 0.3 is 0 Å². The van der Waals surface area contributed by atoms with Crippen molar-refractivity contribution in [2.24, 2.45) is 0 Å². The fourth-order valence-corrected chi connectivity index (χ4v) is 2.19. The molecule has 0 aliphatic carbocycles. The lowest BCUT2D eigenvalue weighted by Gasteiger charge is -2.14. The van der Waals surface area contributed by atoms with Crippen molar-refractivity contribution in [1.29, 1.82) is 0 Å². The number of benzene rings is 2. The molecular formula is C18H21NO. The van der Waals surface area contributed by atoms with Gasteiger partial charge in [0.2, 0.25) is 0 Å². The third-order valence-electron chi connectivity index (χ3n) is 3.37. The predicted octanol–water partition coefficient (Wildman–Crippen LogP) is 3.75. The first kappa shape index (κ1) is 14.3. The lowest BCUT2D eigenvalue weighted by molar-refractivity contribution is 0.0938. The van der Waals surface area contributed by atoms with Crippen LogP contribution in [0.1, 0.15) is 34.8 Å². The van der Waals surface area contributed by atoms with E-state index in [-0.39, 0.29) is 11.9 Å². The Morgan fingerprint density at radius 3 is 2.55 bits per heavy atom. The van der Waals surface area contributed by atoms with Crippen LogP contribution in [0.4, 0.5) is 0 Å². The summed E-state index contributed by atoms with van der Waals surface area (Å²) in [5.41, 5.74) is 3.15. The molecule has 0 radical (unpaired) electrons. The van der Waals surface area contributed by atoms with Crippen molar-refractivity contribution >= 4 is 5.91 Å². The van der Waals surface area contributed by atoms with E-state index in [9.17, 15) is 4.79 Å². The van der Waals surface area contributed by atoms with Gasteiger partial charge in [-0.05, 0) is 44.4 Å². The molecule has 2 aromatic carbocycles. The highest BCUT2D eigenvalue weighted by atomic mass is 16.1. The highest BCUT2D eigenvalue weighted by molar-refractivity contribution is 5.94. The van der Waals surface area contributed by atoms with Gasteiger partial charge in [0.05, 0.1) is 0 Å². The smallest absolute Gasteiger partial charge is 0.251 e. The number of rotatable bonds is 5. The number of hydrogen-bond acceptors (Lipinski definition) is 1. The summed E-state index contributed by atoms with van der Waals surface area (Å²) in [5.74, 6) is 0.00858. The van der Waals surface area contributed by atoms with E-state index in [1.54, 1.807) is 0 Å². The van der Waals surface area contributed by atoms with Crippen LogP contribution < -0.4 is 5.32 Å². The lowest BCUT2D eigenvalue weighted by atomic mass is 10.1. The van der Waals surface area contributed by atoms with Crippen LogP contribution in [0.3, 0.4) is 0 Å². The van der Waals surface area contributed by atoms with Crippen molar-refractivity contribution in [3.05, 3.63) is 71.3 Å². The van der Waals surface area contributed by atoms with Crippen LogP contribution in [0, 0.1) is 6.92 Å². The van der Waals surface area contributed by atoms with Gasteiger partial charge in [-0.1, -0.05) is 48.0 Å². The van der Waals surface area contributed by atoms with Crippen LogP contribution in [0.25, 0.3) is 0 Å². The van der Waals surface area contributed by atoms with Crippen LogP contribution in [0.5, 0.6) is 0 Å². The van der Waals surface area contributed by atoms with Gasteiger partial charge in [0, 0.05) is 11.6 Å². The Labute approximate surface area is 120 Å².